The molecule has 21 heavy (non-hydrogen) atoms. The van der Waals surface area contributed by atoms with Crippen molar-refractivity contribution in [2.45, 2.75) is 38.9 Å². The molecule has 5 nitrogen and oxygen atoms in total. The average molecular weight is 302 g/mol. The fraction of sp³-hybridized carbons (Fsp3) is 0.400. The maximum atomic E-state index is 12.5. The summed E-state index contributed by atoms with van der Waals surface area (Å²) in [6.45, 7) is 4.67. The summed E-state index contributed by atoms with van der Waals surface area (Å²) in [5.41, 5.74) is 3.37. The van der Waals surface area contributed by atoms with Crippen LogP contribution in [0, 0.1) is 0 Å². The molecule has 0 saturated carbocycles. The van der Waals surface area contributed by atoms with Crippen molar-refractivity contribution in [1.29, 1.82) is 0 Å². The predicted molar refractivity (Wildman–Crippen MR) is 82.0 cm³/mol. The zero-order valence-electron chi connectivity index (χ0n) is 12.1. The summed E-state index contributed by atoms with van der Waals surface area (Å²) in [5, 5.41) is 8.87. The van der Waals surface area contributed by atoms with Gasteiger partial charge in [0.1, 0.15) is 0 Å². The summed E-state index contributed by atoms with van der Waals surface area (Å²) in [7, 11) is 0. The largest absolute Gasteiger partial charge is 0.330 e. The lowest BCUT2D eigenvalue weighted by molar-refractivity contribution is 0.166. The van der Waals surface area contributed by atoms with Gasteiger partial charge in [-0.25, -0.2) is 4.79 Å². The number of hydrogen-bond acceptors (Lipinski definition) is 4. The molecule has 1 N–H and O–H groups in total. The quantitative estimate of drug-likeness (QED) is 0.928. The molecule has 2 amide bonds. The van der Waals surface area contributed by atoms with Gasteiger partial charge in [-0.3, -0.25) is 0 Å². The molecule has 2 atom stereocenters. The molecule has 110 valence electrons. The zero-order valence-corrected chi connectivity index (χ0v) is 12.9. The lowest BCUT2D eigenvalue weighted by atomic mass is 9.95. The number of hydrogen-bond donors (Lipinski definition) is 1. The van der Waals surface area contributed by atoms with Gasteiger partial charge in [-0.2, -0.15) is 0 Å². The highest BCUT2D eigenvalue weighted by atomic mass is 32.1. The maximum Gasteiger partial charge on any atom is 0.318 e. The number of aromatic nitrogens is 2. The van der Waals surface area contributed by atoms with Gasteiger partial charge in [0.05, 0.1) is 11.7 Å². The highest BCUT2D eigenvalue weighted by molar-refractivity contribution is 7.03. The highest BCUT2D eigenvalue weighted by Gasteiger charge is 2.27. The van der Waals surface area contributed by atoms with Gasteiger partial charge in [-0.1, -0.05) is 28.8 Å². The van der Waals surface area contributed by atoms with Crippen molar-refractivity contribution in [2.24, 2.45) is 0 Å². The van der Waals surface area contributed by atoms with Crippen LogP contribution in [0.25, 0.3) is 0 Å². The molecule has 0 saturated heterocycles. The first-order valence-corrected chi connectivity index (χ1v) is 7.89. The van der Waals surface area contributed by atoms with E-state index in [0.717, 1.165) is 12.1 Å². The lowest BCUT2D eigenvalue weighted by Crippen LogP contribution is -2.48. The van der Waals surface area contributed by atoms with Crippen LogP contribution in [0.1, 0.15) is 36.7 Å². The topological polar surface area (TPSA) is 58.1 Å². The number of nitrogens with zero attached hydrogens (tertiary/aromatic N) is 3. The highest BCUT2D eigenvalue weighted by Crippen LogP contribution is 2.23. The number of benzene rings is 1. The Hall–Kier alpha value is -1.95. The van der Waals surface area contributed by atoms with E-state index < -0.39 is 0 Å². The molecular weight excluding hydrogens is 284 g/mol. The van der Waals surface area contributed by atoms with Crippen LogP contribution in [0.4, 0.5) is 4.79 Å². The van der Waals surface area contributed by atoms with Gasteiger partial charge in [-0.05, 0) is 42.9 Å². The maximum absolute atomic E-state index is 12.5. The molecule has 1 aliphatic heterocycles. The van der Waals surface area contributed by atoms with E-state index in [1.807, 2.05) is 23.3 Å². The average Bonchev–Trinajstić information content (AvgIpc) is 3.00. The third-order valence-electron chi connectivity index (χ3n) is 3.93. The molecule has 1 aromatic heterocycles. The monoisotopic (exact) mass is 302 g/mol. The Morgan fingerprint density at radius 2 is 2.19 bits per heavy atom. The summed E-state index contributed by atoms with van der Waals surface area (Å²) in [4.78, 5) is 14.4. The molecule has 0 bridgehead atoms. The molecule has 3 rings (SSSR count). The summed E-state index contributed by atoms with van der Waals surface area (Å²) >= 11 is 1.30. The third-order valence-corrected chi connectivity index (χ3v) is 4.45. The van der Waals surface area contributed by atoms with E-state index in [-0.39, 0.29) is 18.1 Å². The first kappa shape index (κ1) is 14.0. The number of nitrogens with one attached hydrogen (secondary N) is 1. The van der Waals surface area contributed by atoms with Crippen molar-refractivity contribution < 1.29 is 4.79 Å². The summed E-state index contributed by atoms with van der Waals surface area (Å²) < 4.78 is 3.83. The zero-order chi connectivity index (χ0) is 14.8. The van der Waals surface area contributed by atoms with Gasteiger partial charge in [0.15, 0.2) is 0 Å². The van der Waals surface area contributed by atoms with Gasteiger partial charge in [0.25, 0.3) is 0 Å². The lowest BCUT2D eigenvalue weighted by Gasteiger charge is -2.35. The first-order valence-electron chi connectivity index (χ1n) is 7.06. The molecule has 1 aliphatic rings. The van der Waals surface area contributed by atoms with E-state index >= 15 is 0 Å². The van der Waals surface area contributed by atoms with Crippen LogP contribution in [-0.4, -0.2) is 26.6 Å². The minimum Gasteiger partial charge on any atom is -0.330 e. The van der Waals surface area contributed by atoms with E-state index in [4.69, 9.17) is 0 Å². The number of carbonyl (C=O) groups is 1. The van der Waals surface area contributed by atoms with E-state index in [2.05, 4.69) is 40.0 Å². The minimum atomic E-state index is -0.124. The Bertz CT molecular complexity index is 628. The molecule has 0 radical (unpaired) electrons. The first-order chi connectivity index (χ1) is 10.1. The van der Waals surface area contributed by atoms with Crippen LogP contribution < -0.4 is 5.32 Å². The molecule has 1 aromatic carbocycles. The predicted octanol–water partition coefficient (Wildman–Crippen LogP) is 2.76. The summed E-state index contributed by atoms with van der Waals surface area (Å²) in [5.74, 6) is 0. The van der Waals surface area contributed by atoms with Crippen molar-refractivity contribution >= 4 is 17.6 Å². The van der Waals surface area contributed by atoms with Crippen LogP contribution in [0.5, 0.6) is 0 Å². The standard InChI is InChI=1S/C15H18N4OS/c1-10-7-12-5-3-4-6-13(12)8-19(10)15(20)16-11(2)14-9-21-18-17-14/h3-6,9-11H,7-8H2,1-2H3,(H,16,20). The Kier molecular flexibility index (Phi) is 3.88. The second-order valence-electron chi connectivity index (χ2n) is 5.45. The molecule has 2 unspecified atom stereocenters. The van der Waals surface area contributed by atoms with Crippen LogP contribution in [0.15, 0.2) is 29.6 Å². The molecule has 6 heteroatoms. The van der Waals surface area contributed by atoms with Crippen LogP contribution in [0.2, 0.25) is 0 Å². The van der Waals surface area contributed by atoms with Gasteiger partial charge < -0.3 is 10.2 Å². The number of carbonyl (C=O) groups excluding carboxylic acids is 1. The van der Waals surface area contributed by atoms with Gasteiger partial charge in [0, 0.05) is 18.0 Å². The van der Waals surface area contributed by atoms with Gasteiger partial charge in [-0.15, -0.1) is 5.10 Å². The van der Waals surface area contributed by atoms with E-state index in [9.17, 15) is 4.79 Å². The Balaban J connectivity index is 1.70. The second-order valence-corrected chi connectivity index (χ2v) is 6.06. The third kappa shape index (κ3) is 2.90. The second kappa shape index (κ2) is 5.81. The fourth-order valence-corrected chi connectivity index (χ4v) is 3.20. The van der Waals surface area contributed by atoms with Gasteiger partial charge >= 0.3 is 6.03 Å². The van der Waals surface area contributed by atoms with Crippen molar-refractivity contribution in [1.82, 2.24) is 19.8 Å². The Morgan fingerprint density at radius 1 is 1.43 bits per heavy atom. The Morgan fingerprint density at radius 3 is 2.90 bits per heavy atom. The number of fused-ring (bicyclic) bond motifs is 1. The molecule has 2 aromatic rings. The van der Waals surface area contributed by atoms with Gasteiger partial charge in [0.2, 0.25) is 0 Å². The van der Waals surface area contributed by atoms with E-state index in [1.165, 1.54) is 22.7 Å². The minimum absolute atomic E-state index is 0.0440. The molecule has 0 spiro atoms. The van der Waals surface area contributed by atoms with Crippen LogP contribution >= 0.6 is 11.5 Å². The summed E-state index contributed by atoms with van der Waals surface area (Å²) in [6, 6.07) is 8.34. The SMILES string of the molecule is CC(NC(=O)N1Cc2ccccc2CC1C)c1csnn1. The number of amides is 2. The van der Waals surface area contributed by atoms with Crippen molar-refractivity contribution in [2.75, 3.05) is 0 Å². The van der Waals surface area contributed by atoms with Crippen LogP contribution in [0.3, 0.4) is 0 Å². The van der Waals surface area contributed by atoms with Crippen LogP contribution in [-0.2, 0) is 13.0 Å². The smallest absolute Gasteiger partial charge is 0.318 e. The normalized spacial score (nSPS) is 19.0. The molecule has 2 heterocycles. The molecular formula is C15H18N4OS. The number of urea groups is 1. The summed E-state index contributed by atoms with van der Waals surface area (Å²) in [6.07, 6.45) is 0.899. The van der Waals surface area contributed by atoms with Crippen molar-refractivity contribution in [3.05, 3.63) is 46.5 Å². The van der Waals surface area contributed by atoms with Crippen molar-refractivity contribution in [3.63, 3.8) is 0 Å². The Labute approximate surface area is 128 Å². The van der Waals surface area contributed by atoms with E-state index in [1.54, 1.807) is 0 Å². The van der Waals surface area contributed by atoms with Crippen molar-refractivity contribution in [3.8, 4) is 0 Å². The number of rotatable bonds is 2. The fourth-order valence-electron chi connectivity index (χ4n) is 2.65. The molecule has 0 aliphatic carbocycles. The molecule has 0 fully saturated rings. The van der Waals surface area contributed by atoms with E-state index in [0.29, 0.717) is 6.54 Å².